The van der Waals surface area contributed by atoms with Crippen LogP contribution in [0.15, 0.2) is 53.1 Å². The number of benzene rings is 2. The molecule has 2 aromatic carbocycles. The maximum Gasteiger partial charge on any atom is 0.255 e. The first kappa shape index (κ1) is 20.2. The number of aromatic nitrogens is 1. The minimum atomic E-state index is -0.102. The van der Waals surface area contributed by atoms with Crippen molar-refractivity contribution in [1.82, 2.24) is 10.1 Å². The highest BCUT2D eigenvalue weighted by atomic mass is 35.5. The second-order valence-corrected chi connectivity index (χ2v) is 7.95. The topological polar surface area (TPSA) is 46.3 Å². The van der Waals surface area contributed by atoms with E-state index >= 15 is 0 Å². The van der Waals surface area contributed by atoms with Crippen molar-refractivity contribution in [3.63, 3.8) is 0 Å². The Bertz CT molecular complexity index is 978. The third-order valence-corrected chi connectivity index (χ3v) is 5.01. The Morgan fingerprint density at radius 1 is 1.11 bits per heavy atom. The summed E-state index contributed by atoms with van der Waals surface area (Å²) in [6.07, 6.45) is 0. The van der Waals surface area contributed by atoms with E-state index in [9.17, 15) is 4.79 Å². The molecule has 0 aliphatic carbocycles. The van der Waals surface area contributed by atoms with Gasteiger partial charge in [0.05, 0.1) is 17.1 Å². The summed E-state index contributed by atoms with van der Waals surface area (Å²) in [7, 11) is 0. The summed E-state index contributed by atoms with van der Waals surface area (Å²) < 4.78 is 5.55. The fourth-order valence-electron chi connectivity index (χ4n) is 3.08. The lowest BCUT2D eigenvalue weighted by molar-refractivity contribution is 0.0719. The number of hydrogen-bond donors (Lipinski definition) is 0. The van der Waals surface area contributed by atoms with E-state index in [1.165, 1.54) is 11.1 Å². The van der Waals surface area contributed by atoms with Gasteiger partial charge in [-0.3, -0.25) is 4.79 Å². The van der Waals surface area contributed by atoms with Gasteiger partial charge in [-0.1, -0.05) is 54.9 Å². The van der Waals surface area contributed by atoms with Crippen molar-refractivity contribution in [3.8, 4) is 11.3 Å². The molecule has 0 spiro atoms. The van der Waals surface area contributed by atoms with Crippen molar-refractivity contribution in [2.24, 2.45) is 5.92 Å². The summed E-state index contributed by atoms with van der Waals surface area (Å²) in [5.74, 6) is 0.917. The molecule has 3 aromatic rings. The van der Waals surface area contributed by atoms with Gasteiger partial charge in [0.15, 0.2) is 5.76 Å². The predicted molar refractivity (Wildman–Crippen MR) is 112 cm³/mol. The minimum Gasteiger partial charge on any atom is -0.356 e. The lowest BCUT2D eigenvalue weighted by Gasteiger charge is -2.24. The van der Waals surface area contributed by atoms with Crippen LogP contribution in [0, 0.1) is 19.8 Å². The maximum absolute atomic E-state index is 13.0. The Hall–Kier alpha value is -2.59. The molecule has 0 bridgehead atoms. The summed E-state index contributed by atoms with van der Waals surface area (Å²) in [5.41, 5.74) is 4.63. The highest BCUT2D eigenvalue weighted by molar-refractivity contribution is 6.33. The van der Waals surface area contributed by atoms with Gasteiger partial charge in [-0.05, 0) is 49.1 Å². The van der Waals surface area contributed by atoms with Gasteiger partial charge in [0.1, 0.15) is 5.69 Å². The predicted octanol–water partition coefficient (Wildman–Crippen LogP) is 5.91. The van der Waals surface area contributed by atoms with Crippen LogP contribution < -0.4 is 0 Å². The number of aryl methyl sites for hydroxylation is 2. The molecular formula is C23H25ClN2O2. The number of carbonyl (C=O) groups excluding carboxylic acids is 1. The number of rotatable bonds is 6. The van der Waals surface area contributed by atoms with Crippen molar-refractivity contribution in [2.75, 3.05) is 6.54 Å². The van der Waals surface area contributed by atoms with Gasteiger partial charge >= 0.3 is 0 Å². The normalized spacial score (nSPS) is 11.1. The summed E-state index contributed by atoms with van der Waals surface area (Å²) >= 11 is 6.23. The molecule has 28 heavy (non-hydrogen) atoms. The maximum atomic E-state index is 13.0. The third kappa shape index (κ3) is 4.63. The standard InChI is InChI=1S/C23H25ClN2O2/c1-15(2)13-26(23(27)20-7-5-6-8-21(20)24)14-19-12-22(28-25-19)18-10-9-16(3)17(4)11-18/h5-12,15H,13-14H2,1-4H3. The van der Waals surface area contributed by atoms with E-state index in [2.05, 4.69) is 45.0 Å². The van der Waals surface area contributed by atoms with E-state index in [1.807, 2.05) is 24.3 Å². The molecule has 1 heterocycles. The Balaban J connectivity index is 1.84. The molecule has 0 radical (unpaired) electrons. The lowest BCUT2D eigenvalue weighted by Crippen LogP contribution is -2.34. The van der Waals surface area contributed by atoms with E-state index in [-0.39, 0.29) is 5.91 Å². The quantitative estimate of drug-likeness (QED) is 0.520. The van der Waals surface area contributed by atoms with Crippen molar-refractivity contribution in [1.29, 1.82) is 0 Å². The molecule has 1 amide bonds. The molecule has 0 aliphatic heterocycles. The second kappa shape index (κ2) is 8.61. The third-order valence-electron chi connectivity index (χ3n) is 4.68. The molecule has 5 heteroatoms. The molecule has 0 N–H and O–H groups in total. The van der Waals surface area contributed by atoms with Crippen LogP contribution in [-0.4, -0.2) is 22.5 Å². The van der Waals surface area contributed by atoms with Crippen molar-refractivity contribution in [2.45, 2.75) is 34.2 Å². The van der Waals surface area contributed by atoms with Crippen LogP contribution in [-0.2, 0) is 6.54 Å². The first-order valence-corrected chi connectivity index (χ1v) is 9.80. The molecule has 0 saturated carbocycles. The highest BCUT2D eigenvalue weighted by Gasteiger charge is 2.21. The Kier molecular flexibility index (Phi) is 6.20. The van der Waals surface area contributed by atoms with Gasteiger partial charge < -0.3 is 9.42 Å². The zero-order valence-electron chi connectivity index (χ0n) is 16.7. The smallest absolute Gasteiger partial charge is 0.255 e. The van der Waals surface area contributed by atoms with Gasteiger partial charge in [-0.2, -0.15) is 0 Å². The van der Waals surface area contributed by atoms with Crippen molar-refractivity contribution < 1.29 is 9.32 Å². The average molecular weight is 397 g/mol. The van der Waals surface area contributed by atoms with Gasteiger partial charge in [-0.25, -0.2) is 0 Å². The molecule has 0 saturated heterocycles. The Labute approximate surface area is 171 Å². The van der Waals surface area contributed by atoms with Crippen LogP contribution >= 0.6 is 11.6 Å². The van der Waals surface area contributed by atoms with Crippen LogP contribution in [0.2, 0.25) is 5.02 Å². The summed E-state index contributed by atoms with van der Waals surface area (Å²) in [6.45, 7) is 9.29. The fourth-order valence-corrected chi connectivity index (χ4v) is 3.29. The number of amides is 1. The number of carbonyl (C=O) groups is 1. The van der Waals surface area contributed by atoms with Gasteiger partial charge in [0.25, 0.3) is 5.91 Å². The molecule has 4 nitrogen and oxygen atoms in total. The molecule has 0 fully saturated rings. The molecule has 146 valence electrons. The highest BCUT2D eigenvalue weighted by Crippen LogP contribution is 2.24. The zero-order chi connectivity index (χ0) is 20.3. The van der Waals surface area contributed by atoms with E-state index in [1.54, 1.807) is 17.0 Å². The van der Waals surface area contributed by atoms with E-state index in [0.29, 0.717) is 41.0 Å². The largest absolute Gasteiger partial charge is 0.356 e. The van der Waals surface area contributed by atoms with Crippen LogP contribution in [0.1, 0.15) is 41.0 Å². The summed E-state index contributed by atoms with van der Waals surface area (Å²) in [4.78, 5) is 14.8. The van der Waals surface area contributed by atoms with E-state index in [4.69, 9.17) is 16.1 Å². The van der Waals surface area contributed by atoms with E-state index < -0.39 is 0 Å². The molecule has 0 aliphatic rings. The van der Waals surface area contributed by atoms with Crippen molar-refractivity contribution >= 4 is 17.5 Å². The minimum absolute atomic E-state index is 0.102. The second-order valence-electron chi connectivity index (χ2n) is 7.54. The SMILES string of the molecule is Cc1ccc(-c2cc(CN(CC(C)C)C(=O)c3ccccc3Cl)no2)cc1C. The number of hydrogen-bond acceptors (Lipinski definition) is 3. The van der Waals surface area contributed by atoms with Crippen LogP contribution in [0.5, 0.6) is 0 Å². The Morgan fingerprint density at radius 2 is 1.86 bits per heavy atom. The van der Waals surface area contributed by atoms with Gasteiger partial charge in [-0.15, -0.1) is 0 Å². The van der Waals surface area contributed by atoms with Gasteiger partial charge in [0.2, 0.25) is 0 Å². The molecular weight excluding hydrogens is 372 g/mol. The summed E-state index contributed by atoms with van der Waals surface area (Å²) in [6, 6.07) is 15.2. The number of nitrogens with zero attached hydrogens (tertiary/aromatic N) is 2. The van der Waals surface area contributed by atoms with Crippen molar-refractivity contribution in [3.05, 3.63) is 75.9 Å². The first-order chi connectivity index (χ1) is 13.3. The molecule has 3 rings (SSSR count). The van der Waals surface area contributed by atoms with Crippen LogP contribution in [0.4, 0.5) is 0 Å². The summed E-state index contributed by atoms with van der Waals surface area (Å²) in [5, 5.41) is 4.64. The average Bonchev–Trinajstić information content (AvgIpc) is 3.11. The lowest BCUT2D eigenvalue weighted by atomic mass is 10.0. The van der Waals surface area contributed by atoms with Gasteiger partial charge in [0, 0.05) is 18.2 Å². The monoisotopic (exact) mass is 396 g/mol. The number of halogens is 1. The molecule has 0 atom stereocenters. The Morgan fingerprint density at radius 3 is 2.54 bits per heavy atom. The fraction of sp³-hybridized carbons (Fsp3) is 0.304. The molecule has 0 unspecified atom stereocenters. The molecule has 1 aromatic heterocycles. The van der Waals surface area contributed by atoms with Crippen LogP contribution in [0.3, 0.4) is 0 Å². The van der Waals surface area contributed by atoms with E-state index in [0.717, 1.165) is 5.56 Å². The zero-order valence-corrected chi connectivity index (χ0v) is 17.5. The first-order valence-electron chi connectivity index (χ1n) is 9.42. The van der Waals surface area contributed by atoms with Crippen LogP contribution in [0.25, 0.3) is 11.3 Å².